The maximum absolute atomic E-state index is 13.8. The van der Waals surface area contributed by atoms with Crippen LogP contribution in [-0.2, 0) is 11.2 Å². The Morgan fingerprint density at radius 3 is 2.71 bits per heavy atom. The van der Waals surface area contributed by atoms with Crippen molar-refractivity contribution in [3.8, 4) is 11.5 Å². The molecular weight excluding hydrogens is 451 g/mol. The SMILES string of the molecule is Cc1noc2nc(-c3ccco3)cc(C(=O)N3CCC(C(=O)NCCc4ccccc4F)CC3)c12. The van der Waals surface area contributed by atoms with E-state index in [1.807, 2.05) is 0 Å². The fourth-order valence-corrected chi connectivity index (χ4v) is 4.49. The van der Waals surface area contributed by atoms with Crippen molar-refractivity contribution in [3.63, 3.8) is 0 Å². The number of aromatic nitrogens is 2. The molecular formula is C26H25FN4O4. The molecule has 35 heavy (non-hydrogen) atoms. The number of aryl methyl sites for hydroxylation is 1. The first-order valence-corrected chi connectivity index (χ1v) is 11.6. The van der Waals surface area contributed by atoms with Crippen LogP contribution in [0.15, 0.2) is 57.7 Å². The normalized spacial score (nSPS) is 14.4. The van der Waals surface area contributed by atoms with Crippen LogP contribution in [0, 0.1) is 18.7 Å². The molecule has 0 radical (unpaired) electrons. The van der Waals surface area contributed by atoms with E-state index < -0.39 is 0 Å². The van der Waals surface area contributed by atoms with Gasteiger partial charge in [-0.3, -0.25) is 9.59 Å². The number of hydrogen-bond acceptors (Lipinski definition) is 6. The van der Waals surface area contributed by atoms with E-state index >= 15 is 0 Å². The summed E-state index contributed by atoms with van der Waals surface area (Å²) in [5.74, 6) is -0.143. The molecule has 5 rings (SSSR count). The smallest absolute Gasteiger partial charge is 0.259 e. The first kappa shape index (κ1) is 22.8. The van der Waals surface area contributed by atoms with Gasteiger partial charge in [0.15, 0.2) is 5.76 Å². The number of fused-ring (bicyclic) bond motifs is 1. The van der Waals surface area contributed by atoms with Crippen LogP contribution < -0.4 is 5.32 Å². The zero-order valence-corrected chi connectivity index (χ0v) is 19.3. The summed E-state index contributed by atoms with van der Waals surface area (Å²) in [4.78, 5) is 32.3. The third-order valence-corrected chi connectivity index (χ3v) is 6.43. The Morgan fingerprint density at radius 2 is 1.97 bits per heavy atom. The molecule has 1 aromatic carbocycles. The predicted octanol–water partition coefficient (Wildman–Crippen LogP) is 4.14. The molecule has 0 aliphatic carbocycles. The minimum absolute atomic E-state index is 0.0604. The monoisotopic (exact) mass is 476 g/mol. The standard InChI is InChI=1S/C26H25FN4O4/c1-16-23-19(15-21(22-7-4-14-34-22)29-25(23)35-30-16)26(33)31-12-9-18(10-13-31)24(32)28-11-8-17-5-2-3-6-20(17)27/h2-7,14-15,18H,8-13H2,1H3,(H,28,32). The molecule has 1 saturated heterocycles. The summed E-state index contributed by atoms with van der Waals surface area (Å²) in [6, 6.07) is 11.8. The molecule has 4 aromatic rings. The number of benzene rings is 1. The highest BCUT2D eigenvalue weighted by atomic mass is 19.1. The summed E-state index contributed by atoms with van der Waals surface area (Å²) >= 11 is 0. The number of amides is 2. The van der Waals surface area contributed by atoms with Crippen molar-refractivity contribution in [2.75, 3.05) is 19.6 Å². The first-order chi connectivity index (χ1) is 17.0. The van der Waals surface area contributed by atoms with Crippen molar-refractivity contribution in [1.82, 2.24) is 20.4 Å². The van der Waals surface area contributed by atoms with Gasteiger partial charge in [-0.1, -0.05) is 23.4 Å². The third kappa shape index (κ3) is 4.66. The molecule has 1 fully saturated rings. The van der Waals surface area contributed by atoms with Gasteiger partial charge >= 0.3 is 0 Å². The fourth-order valence-electron chi connectivity index (χ4n) is 4.49. The number of furan rings is 1. The summed E-state index contributed by atoms with van der Waals surface area (Å²) in [5, 5.41) is 7.47. The van der Waals surface area contributed by atoms with Gasteiger partial charge in [-0.2, -0.15) is 0 Å². The third-order valence-electron chi connectivity index (χ3n) is 6.43. The largest absolute Gasteiger partial charge is 0.463 e. The number of pyridine rings is 1. The lowest BCUT2D eigenvalue weighted by atomic mass is 9.95. The number of carbonyl (C=O) groups excluding carboxylic acids is 2. The Labute approximate surface area is 201 Å². The van der Waals surface area contributed by atoms with E-state index in [0.717, 1.165) is 0 Å². The first-order valence-electron chi connectivity index (χ1n) is 11.6. The second-order valence-electron chi connectivity index (χ2n) is 8.68. The minimum atomic E-state index is -0.267. The van der Waals surface area contributed by atoms with E-state index in [1.54, 1.807) is 54.5 Å². The van der Waals surface area contributed by atoms with Crippen molar-refractivity contribution in [2.24, 2.45) is 5.92 Å². The number of piperidine rings is 1. The molecule has 4 heterocycles. The van der Waals surface area contributed by atoms with Crippen molar-refractivity contribution in [2.45, 2.75) is 26.2 Å². The maximum atomic E-state index is 13.8. The van der Waals surface area contributed by atoms with Gasteiger partial charge in [0.1, 0.15) is 11.5 Å². The lowest BCUT2D eigenvalue weighted by Gasteiger charge is -2.31. The topological polar surface area (TPSA) is 101 Å². The van der Waals surface area contributed by atoms with Crippen LogP contribution in [0.25, 0.3) is 22.6 Å². The molecule has 0 saturated carbocycles. The number of nitrogens with one attached hydrogen (secondary N) is 1. The Morgan fingerprint density at radius 1 is 1.17 bits per heavy atom. The Kier molecular flexibility index (Phi) is 6.31. The summed E-state index contributed by atoms with van der Waals surface area (Å²) in [6.07, 6.45) is 3.09. The summed E-state index contributed by atoms with van der Waals surface area (Å²) in [6.45, 7) is 3.05. The van der Waals surface area contributed by atoms with Crippen LogP contribution in [0.5, 0.6) is 0 Å². The molecule has 9 heteroatoms. The van der Waals surface area contributed by atoms with Crippen molar-refractivity contribution in [1.29, 1.82) is 0 Å². The fraction of sp³-hybridized carbons (Fsp3) is 0.308. The van der Waals surface area contributed by atoms with Crippen LogP contribution in [0.1, 0.15) is 34.5 Å². The molecule has 0 atom stereocenters. The molecule has 1 aliphatic rings. The van der Waals surface area contributed by atoms with Gasteiger partial charge < -0.3 is 19.2 Å². The van der Waals surface area contributed by atoms with Crippen molar-refractivity contribution in [3.05, 3.63) is 71.4 Å². The van der Waals surface area contributed by atoms with Crippen LogP contribution in [0.2, 0.25) is 0 Å². The Balaban J connectivity index is 1.23. The number of hydrogen-bond donors (Lipinski definition) is 1. The van der Waals surface area contributed by atoms with Crippen LogP contribution in [0.3, 0.4) is 0 Å². The highest BCUT2D eigenvalue weighted by Gasteiger charge is 2.30. The molecule has 8 nitrogen and oxygen atoms in total. The van der Waals surface area contributed by atoms with E-state index in [1.165, 1.54) is 6.07 Å². The van der Waals surface area contributed by atoms with Gasteiger partial charge in [-0.05, 0) is 56.0 Å². The molecule has 0 spiro atoms. The Bertz CT molecular complexity index is 1360. The van der Waals surface area contributed by atoms with E-state index in [9.17, 15) is 14.0 Å². The zero-order chi connectivity index (χ0) is 24.4. The lowest BCUT2D eigenvalue weighted by Crippen LogP contribution is -2.43. The van der Waals surface area contributed by atoms with E-state index in [4.69, 9.17) is 8.94 Å². The highest BCUT2D eigenvalue weighted by Crippen LogP contribution is 2.29. The van der Waals surface area contributed by atoms with Gasteiger partial charge in [0.2, 0.25) is 5.91 Å². The molecule has 180 valence electrons. The average molecular weight is 477 g/mol. The average Bonchev–Trinajstić information content (AvgIpc) is 3.55. The molecule has 1 N–H and O–H groups in total. The molecule has 3 aromatic heterocycles. The van der Waals surface area contributed by atoms with Crippen LogP contribution in [0.4, 0.5) is 4.39 Å². The zero-order valence-electron chi connectivity index (χ0n) is 19.3. The van der Waals surface area contributed by atoms with Gasteiger partial charge in [0.25, 0.3) is 11.6 Å². The summed E-state index contributed by atoms with van der Waals surface area (Å²) in [7, 11) is 0. The molecule has 1 aliphatic heterocycles. The van der Waals surface area contributed by atoms with Crippen molar-refractivity contribution >= 4 is 22.9 Å². The number of halogens is 1. The van der Waals surface area contributed by atoms with E-state index in [2.05, 4.69) is 15.5 Å². The second-order valence-corrected chi connectivity index (χ2v) is 8.68. The highest BCUT2D eigenvalue weighted by molar-refractivity contribution is 6.07. The number of nitrogens with zero attached hydrogens (tertiary/aromatic N) is 3. The maximum Gasteiger partial charge on any atom is 0.259 e. The van der Waals surface area contributed by atoms with Gasteiger partial charge in [0, 0.05) is 25.6 Å². The molecule has 0 unspecified atom stereocenters. The van der Waals surface area contributed by atoms with Crippen molar-refractivity contribution < 1.29 is 22.9 Å². The molecule has 2 amide bonds. The second kappa shape index (κ2) is 9.69. The summed E-state index contributed by atoms with van der Waals surface area (Å²) < 4.78 is 24.6. The quantitative estimate of drug-likeness (QED) is 0.449. The minimum Gasteiger partial charge on any atom is -0.463 e. The number of likely N-dealkylation sites (tertiary alicyclic amines) is 1. The van der Waals surface area contributed by atoms with Gasteiger partial charge in [0.05, 0.1) is 22.9 Å². The Hall–Kier alpha value is -4.01. The number of rotatable bonds is 6. The number of carbonyl (C=O) groups is 2. The van der Waals surface area contributed by atoms with E-state index in [0.29, 0.717) is 72.6 Å². The van der Waals surface area contributed by atoms with Gasteiger partial charge in [-0.15, -0.1) is 0 Å². The lowest BCUT2D eigenvalue weighted by molar-refractivity contribution is -0.126. The molecule has 0 bridgehead atoms. The summed E-state index contributed by atoms with van der Waals surface area (Å²) in [5.41, 5.74) is 2.39. The van der Waals surface area contributed by atoms with Gasteiger partial charge in [-0.25, -0.2) is 9.37 Å². The van der Waals surface area contributed by atoms with Crippen LogP contribution >= 0.6 is 0 Å². The van der Waals surface area contributed by atoms with E-state index in [-0.39, 0.29) is 29.3 Å². The van der Waals surface area contributed by atoms with Crippen LogP contribution in [-0.4, -0.2) is 46.5 Å². The predicted molar refractivity (Wildman–Crippen MR) is 126 cm³/mol.